The van der Waals surface area contributed by atoms with Gasteiger partial charge in [0.2, 0.25) is 0 Å². The van der Waals surface area contributed by atoms with E-state index < -0.39 is 8.07 Å². The number of aryl methyl sites for hydroxylation is 3. The van der Waals surface area contributed by atoms with Gasteiger partial charge in [0.1, 0.15) is 0 Å². The molecular weight excluding hydrogens is 759 g/mol. The maximum absolute atomic E-state index is 2.93. The maximum atomic E-state index is 2.51. The number of hydrogen-bond donors (Lipinski definition) is 0. The third-order valence-corrected chi connectivity index (χ3v) is 15.8. The van der Waals surface area contributed by atoms with Gasteiger partial charge in [-0.15, -0.1) is 0 Å². The van der Waals surface area contributed by atoms with Crippen LogP contribution in [0.15, 0.2) is 146 Å². The molecule has 0 bridgehead atoms. The molecule has 0 unspecified atom stereocenters. The van der Waals surface area contributed by atoms with Crippen molar-refractivity contribution in [3.05, 3.63) is 185 Å². The van der Waals surface area contributed by atoms with Gasteiger partial charge in [-0.05, 0) is 69.7 Å². The van der Waals surface area contributed by atoms with E-state index in [1.165, 1.54) is 93.1 Å². The summed E-state index contributed by atoms with van der Waals surface area (Å²) < 4.78 is 0. The molecule has 0 aromatic heterocycles. The van der Waals surface area contributed by atoms with Crippen molar-refractivity contribution >= 4 is 28.8 Å². The Bertz CT molecular complexity index is 2100. The minimum Gasteiger partial charge on any atom is -1.00 e. The zero-order valence-corrected chi connectivity index (χ0v) is 36.3. The van der Waals surface area contributed by atoms with Gasteiger partial charge in [0.25, 0.3) is 0 Å². The summed E-state index contributed by atoms with van der Waals surface area (Å²) in [5.74, 6) is 0. The number of hydrogen-bond acceptors (Lipinski definition) is 0. The van der Waals surface area contributed by atoms with E-state index in [0.717, 1.165) is 0 Å². The van der Waals surface area contributed by atoms with E-state index in [1.54, 1.807) is 0 Å². The quantitative estimate of drug-likeness (QED) is 0.128. The molecule has 7 aromatic rings. The van der Waals surface area contributed by atoms with E-state index in [4.69, 9.17) is 0 Å². The Morgan fingerprint density at radius 3 is 0.925 bits per heavy atom. The molecule has 5 heteroatoms. The van der Waals surface area contributed by atoms with Crippen LogP contribution in [0.3, 0.4) is 0 Å². The number of halogens is 3. The predicted octanol–water partition coefficient (Wildman–Crippen LogP) is 0.952. The first kappa shape index (κ1) is 43.9. The average Bonchev–Trinajstić information content (AvgIpc) is 3.31. The summed E-state index contributed by atoms with van der Waals surface area (Å²) in [7, 11) is -2.93. The van der Waals surface area contributed by atoms with E-state index in [0.29, 0.717) is 0 Å². The first-order valence-corrected chi connectivity index (χ1v) is 19.4. The fourth-order valence-electron chi connectivity index (χ4n) is 7.98. The Morgan fingerprint density at radius 1 is 0.377 bits per heavy atom. The van der Waals surface area contributed by atoms with Gasteiger partial charge in [0, 0.05) is 0 Å². The van der Waals surface area contributed by atoms with Crippen molar-refractivity contribution in [1.82, 2.24) is 0 Å². The second kappa shape index (κ2) is 18.2. The molecule has 0 atom stereocenters. The molecule has 7 aromatic carbocycles. The van der Waals surface area contributed by atoms with Crippen molar-refractivity contribution in [2.75, 3.05) is 0 Å². The van der Waals surface area contributed by atoms with E-state index in [-0.39, 0.29) is 58.9 Å². The van der Waals surface area contributed by atoms with Crippen LogP contribution in [0.2, 0.25) is 0 Å². The van der Waals surface area contributed by atoms with Gasteiger partial charge in [0.15, 0.2) is 8.07 Å². The summed E-state index contributed by atoms with van der Waals surface area (Å²) >= 11 is 0. The Hall–Kier alpha value is -3.53. The standard InChI is InChI=1S/C48H45Si.3ClH.Ti/c1-32-14-8-17-39(26-32)42-20-11-23-45(29-42)49(48-37(6)35(4)36(5)38(48)7,46-24-12-21-43(30-46)40-18-9-15-33(2)27-40)47-25-13-22-44(31-47)41-19-10-16-34(3)28-41;;;;/h8-31H,1-7H3;3*1H;/q-1;;;;+4/p-3. The molecule has 7 rings (SSSR count). The van der Waals surface area contributed by atoms with Gasteiger partial charge in [0.05, 0.1) is 0 Å². The van der Waals surface area contributed by atoms with Gasteiger partial charge in [-0.25, -0.2) is 0 Å². The van der Waals surface area contributed by atoms with Gasteiger partial charge >= 0.3 is 21.7 Å². The molecule has 0 saturated heterocycles. The van der Waals surface area contributed by atoms with Gasteiger partial charge in [-0.1, -0.05) is 190 Å². The summed E-state index contributed by atoms with van der Waals surface area (Å²) in [5.41, 5.74) is 17.0. The van der Waals surface area contributed by atoms with Crippen LogP contribution in [0.4, 0.5) is 0 Å². The molecule has 0 radical (unpaired) electrons. The summed E-state index contributed by atoms with van der Waals surface area (Å²) in [6, 6.07) is 55.3. The molecule has 0 N–H and O–H groups in total. The van der Waals surface area contributed by atoms with Gasteiger partial charge < -0.3 is 37.2 Å². The summed E-state index contributed by atoms with van der Waals surface area (Å²) in [6.45, 7) is 15.9. The minimum absolute atomic E-state index is 0. The van der Waals surface area contributed by atoms with Crippen LogP contribution in [0.5, 0.6) is 0 Å². The molecule has 53 heavy (non-hydrogen) atoms. The van der Waals surface area contributed by atoms with Crippen LogP contribution in [0.25, 0.3) is 33.4 Å². The molecular formula is C48H45Cl3SiTi. The maximum Gasteiger partial charge on any atom is 4.00 e. The van der Waals surface area contributed by atoms with E-state index in [9.17, 15) is 0 Å². The third-order valence-electron chi connectivity index (χ3n) is 10.8. The second-order valence-electron chi connectivity index (χ2n) is 14.0. The fraction of sp³-hybridized carbons (Fsp3) is 0.146. The van der Waals surface area contributed by atoms with Crippen LogP contribution in [-0.2, 0) is 21.7 Å². The SMILES string of the molecule is Cc1cccc(-c2cccc([Si](c3cccc(-c4cccc(C)c4)c3)(c3cccc(-c4cccc(C)c4)c3)c3c(C)c(C)c(C)[c-]3C)c2)c1.[Cl-].[Cl-].[Cl-].[Ti+4]. The normalized spacial score (nSPS) is 10.7. The Balaban J connectivity index is 0.00000189. The van der Waals surface area contributed by atoms with E-state index in [2.05, 4.69) is 194 Å². The van der Waals surface area contributed by atoms with Crippen molar-refractivity contribution in [1.29, 1.82) is 0 Å². The molecule has 0 aliphatic heterocycles. The monoisotopic (exact) mass is 802 g/mol. The van der Waals surface area contributed by atoms with Crippen LogP contribution < -0.4 is 58.0 Å². The van der Waals surface area contributed by atoms with Crippen LogP contribution in [0.1, 0.15) is 38.9 Å². The van der Waals surface area contributed by atoms with Gasteiger partial charge in [-0.2, -0.15) is 27.4 Å². The first-order valence-electron chi connectivity index (χ1n) is 17.4. The summed E-state index contributed by atoms with van der Waals surface area (Å²) in [4.78, 5) is 0. The largest absolute Gasteiger partial charge is 4.00 e. The van der Waals surface area contributed by atoms with Crippen molar-refractivity contribution in [3.8, 4) is 33.4 Å². The third kappa shape index (κ3) is 8.28. The smallest absolute Gasteiger partial charge is 1.00 e. The van der Waals surface area contributed by atoms with E-state index in [1.807, 2.05) is 0 Å². The van der Waals surface area contributed by atoms with E-state index >= 15 is 0 Å². The minimum atomic E-state index is -2.93. The molecule has 0 aliphatic carbocycles. The zero-order chi connectivity index (χ0) is 34.3. The molecule has 0 nitrogen and oxygen atoms in total. The Labute approximate surface area is 351 Å². The van der Waals surface area contributed by atoms with Crippen molar-refractivity contribution in [3.63, 3.8) is 0 Å². The van der Waals surface area contributed by atoms with Crippen LogP contribution in [-0.4, -0.2) is 8.07 Å². The van der Waals surface area contributed by atoms with Crippen molar-refractivity contribution in [2.24, 2.45) is 0 Å². The number of rotatable bonds is 7. The van der Waals surface area contributed by atoms with Crippen molar-refractivity contribution in [2.45, 2.75) is 48.5 Å². The Kier molecular flexibility index (Phi) is 15.1. The van der Waals surface area contributed by atoms with Crippen molar-refractivity contribution < 1.29 is 58.9 Å². The molecule has 0 amide bonds. The number of benzene rings is 6. The molecule has 0 spiro atoms. The Morgan fingerprint density at radius 2 is 0.660 bits per heavy atom. The topological polar surface area (TPSA) is 0 Å². The molecule has 0 saturated carbocycles. The van der Waals surface area contributed by atoms with Gasteiger partial charge in [-0.3, -0.25) is 0 Å². The van der Waals surface area contributed by atoms with Crippen LogP contribution in [0, 0.1) is 48.5 Å². The second-order valence-corrected chi connectivity index (χ2v) is 17.7. The molecule has 0 heterocycles. The van der Waals surface area contributed by atoms with Crippen LogP contribution >= 0.6 is 0 Å². The predicted molar refractivity (Wildman–Crippen MR) is 215 cm³/mol. The summed E-state index contributed by atoms with van der Waals surface area (Å²) in [6.07, 6.45) is 0. The molecule has 0 aliphatic rings. The first-order chi connectivity index (χ1) is 23.7. The molecule has 266 valence electrons. The zero-order valence-electron chi connectivity index (χ0n) is 31.5. The molecule has 0 fully saturated rings. The average molecular weight is 804 g/mol. The summed E-state index contributed by atoms with van der Waals surface area (Å²) in [5, 5.41) is 5.74. The fourth-order valence-corrected chi connectivity index (χ4v) is 13.5.